The Morgan fingerprint density at radius 3 is 3.07 bits per heavy atom. The molecule has 2 rings (SSSR count). The number of nitrogens with zero attached hydrogens (tertiary/aromatic N) is 2. The summed E-state index contributed by atoms with van der Waals surface area (Å²) in [4.78, 5) is 13.3. The molecule has 82 valence electrons. The Bertz CT molecular complexity index is 353. The van der Waals surface area contributed by atoms with Crippen LogP contribution in [0.25, 0.3) is 0 Å². The molecule has 1 amide bonds. The van der Waals surface area contributed by atoms with Crippen LogP contribution in [0.2, 0.25) is 0 Å². The van der Waals surface area contributed by atoms with Gasteiger partial charge in [-0.3, -0.25) is 4.79 Å². The van der Waals surface area contributed by atoms with Gasteiger partial charge in [0.05, 0.1) is 6.04 Å². The summed E-state index contributed by atoms with van der Waals surface area (Å²) in [6, 6.07) is 0.169. The predicted octanol–water partition coefficient (Wildman–Crippen LogP) is 0.801. The monoisotopic (exact) mass is 209 g/mol. The van der Waals surface area contributed by atoms with Crippen LogP contribution in [-0.4, -0.2) is 36.6 Å². The van der Waals surface area contributed by atoms with Gasteiger partial charge in [0, 0.05) is 14.1 Å². The van der Waals surface area contributed by atoms with E-state index in [1.807, 2.05) is 0 Å². The second-order valence-corrected chi connectivity index (χ2v) is 3.96. The molecule has 0 aliphatic carbocycles. The van der Waals surface area contributed by atoms with Gasteiger partial charge in [0.2, 0.25) is 0 Å². The molecule has 0 bridgehead atoms. The lowest BCUT2D eigenvalue weighted by Gasteiger charge is -2.12. The van der Waals surface area contributed by atoms with Crippen LogP contribution in [0.3, 0.4) is 0 Å². The van der Waals surface area contributed by atoms with Crippen molar-refractivity contribution >= 4 is 5.91 Å². The van der Waals surface area contributed by atoms with Crippen LogP contribution in [-0.2, 0) is 0 Å². The van der Waals surface area contributed by atoms with Crippen LogP contribution in [0.15, 0.2) is 10.8 Å². The Hall–Kier alpha value is -1.36. The molecular weight excluding hydrogens is 194 g/mol. The van der Waals surface area contributed by atoms with E-state index in [2.05, 4.69) is 10.5 Å². The summed E-state index contributed by atoms with van der Waals surface area (Å²) in [5.41, 5.74) is 1.31. The molecule has 5 heteroatoms. The molecule has 0 spiro atoms. The van der Waals surface area contributed by atoms with E-state index in [9.17, 15) is 4.79 Å². The SMILES string of the molecule is CN(C)C(=O)c1conc1[C@@H]1CCCN1. The summed E-state index contributed by atoms with van der Waals surface area (Å²) < 4.78 is 4.89. The molecule has 1 fully saturated rings. The topological polar surface area (TPSA) is 58.4 Å². The van der Waals surface area contributed by atoms with Gasteiger partial charge in [-0.25, -0.2) is 0 Å². The van der Waals surface area contributed by atoms with Crippen LogP contribution in [0.4, 0.5) is 0 Å². The number of rotatable bonds is 2. The van der Waals surface area contributed by atoms with Crippen LogP contribution < -0.4 is 5.32 Å². The Kier molecular flexibility index (Phi) is 2.73. The fraction of sp³-hybridized carbons (Fsp3) is 0.600. The molecule has 15 heavy (non-hydrogen) atoms. The van der Waals surface area contributed by atoms with Crippen LogP contribution >= 0.6 is 0 Å². The normalized spacial score (nSPS) is 20.5. The highest BCUT2D eigenvalue weighted by Crippen LogP contribution is 2.25. The second kappa shape index (κ2) is 4.02. The van der Waals surface area contributed by atoms with Crippen molar-refractivity contribution in [1.82, 2.24) is 15.4 Å². The lowest BCUT2D eigenvalue weighted by molar-refractivity contribution is 0.0825. The van der Waals surface area contributed by atoms with Crippen molar-refractivity contribution in [1.29, 1.82) is 0 Å². The van der Waals surface area contributed by atoms with E-state index in [0.717, 1.165) is 25.1 Å². The highest BCUT2D eigenvalue weighted by molar-refractivity contribution is 5.94. The zero-order valence-electron chi connectivity index (χ0n) is 8.99. The molecule has 0 aromatic carbocycles. The summed E-state index contributed by atoms with van der Waals surface area (Å²) in [5, 5.41) is 7.22. The molecule has 1 atom stereocenters. The first-order valence-corrected chi connectivity index (χ1v) is 5.09. The van der Waals surface area contributed by atoms with Crippen molar-refractivity contribution in [2.45, 2.75) is 18.9 Å². The number of hydrogen-bond acceptors (Lipinski definition) is 4. The molecule has 5 nitrogen and oxygen atoms in total. The first-order valence-electron chi connectivity index (χ1n) is 5.09. The number of carbonyl (C=O) groups excluding carboxylic acids is 1. The Balaban J connectivity index is 2.25. The summed E-state index contributed by atoms with van der Waals surface area (Å²) >= 11 is 0. The first kappa shape index (κ1) is 10.2. The Labute approximate surface area is 88.4 Å². The minimum atomic E-state index is -0.0556. The minimum absolute atomic E-state index is 0.0556. The van der Waals surface area contributed by atoms with Gasteiger partial charge in [-0.05, 0) is 19.4 Å². The third kappa shape index (κ3) is 1.87. The molecular formula is C10H15N3O2. The number of carbonyl (C=O) groups is 1. The molecule has 2 heterocycles. The van der Waals surface area contributed by atoms with Gasteiger partial charge in [0.15, 0.2) is 0 Å². The van der Waals surface area contributed by atoms with Crippen molar-refractivity contribution in [3.63, 3.8) is 0 Å². The average Bonchev–Trinajstić information content (AvgIpc) is 2.86. The van der Waals surface area contributed by atoms with E-state index in [-0.39, 0.29) is 11.9 Å². The van der Waals surface area contributed by atoms with Gasteiger partial charge in [-0.1, -0.05) is 5.16 Å². The van der Waals surface area contributed by atoms with E-state index in [0.29, 0.717) is 5.56 Å². The zero-order chi connectivity index (χ0) is 10.8. The fourth-order valence-electron chi connectivity index (χ4n) is 1.82. The lowest BCUT2D eigenvalue weighted by Crippen LogP contribution is -2.24. The molecule has 1 saturated heterocycles. The van der Waals surface area contributed by atoms with E-state index in [1.54, 1.807) is 14.1 Å². The standard InChI is InChI=1S/C10H15N3O2/c1-13(2)10(14)7-6-15-12-9(7)8-4-3-5-11-8/h6,8,11H,3-5H2,1-2H3/t8-/m0/s1. The molecule has 0 unspecified atom stereocenters. The lowest BCUT2D eigenvalue weighted by atomic mass is 10.1. The van der Waals surface area contributed by atoms with Gasteiger partial charge in [-0.2, -0.15) is 0 Å². The zero-order valence-corrected chi connectivity index (χ0v) is 8.99. The highest BCUT2D eigenvalue weighted by atomic mass is 16.5. The maximum atomic E-state index is 11.8. The maximum Gasteiger partial charge on any atom is 0.258 e. The first-order chi connectivity index (χ1) is 7.20. The third-order valence-electron chi connectivity index (χ3n) is 2.62. The van der Waals surface area contributed by atoms with E-state index in [4.69, 9.17) is 4.52 Å². The molecule has 0 radical (unpaired) electrons. The number of hydrogen-bond donors (Lipinski definition) is 1. The van der Waals surface area contributed by atoms with E-state index >= 15 is 0 Å². The predicted molar refractivity (Wildman–Crippen MR) is 54.5 cm³/mol. The van der Waals surface area contributed by atoms with Gasteiger partial charge in [0.1, 0.15) is 17.5 Å². The maximum absolute atomic E-state index is 11.8. The van der Waals surface area contributed by atoms with Gasteiger partial charge < -0.3 is 14.7 Å². The van der Waals surface area contributed by atoms with Crippen LogP contribution in [0.5, 0.6) is 0 Å². The molecule has 1 aromatic rings. The van der Waals surface area contributed by atoms with Gasteiger partial charge in [-0.15, -0.1) is 0 Å². The number of amides is 1. The van der Waals surface area contributed by atoms with Crippen molar-refractivity contribution in [3.05, 3.63) is 17.5 Å². The van der Waals surface area contributed by atoms with E-state index < -0.39 is 0 Å². The molecule has 0 saturated carbocycles. The van der Waals surface area contributed by atoms with Gasteiger partial charge >= 0.3 is 0 Å². The quantitative estimate of drug-likeness (QED) is 0.782. The molecule has 1 aromatic heterocycles. The summed E-state index contributed by atoms with van der Waals surface area (Å²) in [7, 11) is 3.45. The van der Waals surface area contributed by atoms with Gasteiger partial charge in [0.25, 0.3) is 5.91 Å². The summed E-state index contributed by atoms with van der Waals surface area (Å²) in [5.74, 6) is -0.0556. The van der Waals surface area contributed by atoms with Crippen LogP contribution in [0, 0.1) is 0 Å². The van der Waals surface area contributed by atoms with E-state index in [1.165, 1.54) is 11.2 Å². The van der Waals surface area contributed by atoms with Crippen molar-refractivity contribution in [2.24, 2.45) is 0 Å². The highest BCUT2D eigenvalue weighted by Gasteiger charge is 2.26. The smallest absolute Gasteiger partial charge is 0.258 e. The second-order valence-electron chi connectivity index (χ2n) is 3.96. The average molecular weight is 209 g/mol. The molecule has 1 N–H and O–H groups in total. The van der Waals surface area contributed by atoms with Crippen molar-refractivity contribution in [2.75, 3.05) is 20.6 Å². The third-order valence-corrected chi connectivity index (χ3v) is 2.62. The number of aromatic nitrogens is 1. The minimum Gasteiger partial charge on any atom is -0.364 e. The van der Waals surface area contributed by atoms with Crippen molar-refractivity contribution < 1.29 is 9.32 Å². The Morgan fingerprint density at radius 1 is 1.67 bits per heavy atom. The fourth-order valence-corrected chi connectivity index (χ4v) is 1.82. The molecule has 1 aliphatic heterocycles. The summed E-state index contributed by atoms with van der Waals surface area (Å²) in [6.07, 6.45) is 3.56. The Morgan fingerprint density at radius 2 is 2.47 bits per heavy atom. The number of nitrogens with one attached hydrogen (secondary N) is 1. The summed E-state index contributed by atoms with van der Waals surface area (Å²) in [6.45, 7) is 0.979. The van der Waals surface area contributed by atoms with Crippen molar-refractivity contribution in [3.8, 4) is 0 Å². The molecule has 1 aliphatic rings. The van der Waals surface area contributed by atoms with Crippen LogP contribution in [0.1, 0.15) is 34.9 Å². The largest absolute Gasteiger partial charge is 0.364 e.